The highest BCUT2D eigenvalue weighted by Crippen LogP contribution is 2.29. The second-order valence-electron chi connectivity index (χ2n) is 6.56. The van der Waals surface area contributed by atoms with Crippen molar-refractivity contribution in [2.75, 3.05) is 20.2 Å². The van der Waals surface area contributed by atoms with E-state index in [0.717, 1.165) is 24.2 Å². The molecule has 0 spiro atoms. The zero-order chi connectivity index (χ0) is 18.4. The van der Waals surface area contributed by atoms with E-state index in [2.05, 4.69) is 15.6 Å². The normalized spacial score (nSPS) is 15.0. The van der Waals surface area contributed by atoms with E-state index in [4.69, 9.17) is 9.47 Å². The minimum Gasteiger partial charge on any atom is -0.493 e. The number of aromatic nitrogens is 1. The van der Waals surface area contributed by atoms with Crippen molar-refractivity contribution in [2.24, 2.45) is 11.8 Å². The van der Waals surface area contributed by atoms with Crippen LogP contribution >= 0.6 is 0 Å². The molecule has 2 heterocycles. The number of benzene rings is 1. The van der Waals surface area contributed by atoms with Crippen LogP contribution in [0.5, 0.6) is 11.5 Å². The van der Waals surface area contributed by atoms with Gasteiger partial charge in [0.2, 0.25) is 5.91 Å². The van der Waals surface area contributed by atoms with Gasteiger partial charge in [-0.15, -0.1) is 0 Å². The predicted molar refractivity (Wildman–Crippen MR) is 98.9 cm³/mol. The monoisotopic (exact) mass is 355 g/mol. The number of hydrogen-bond acceptors (Lipinski definition) is 5. The first kappa shape index (κ1) is 18.2. The number of methoxy groups -OCH3 is 1. The van der Waals surface area contributed by atoms with Gasteiger partial charge in [-0.25, -0.2) is 0 Å². The molecule has 6 heteroatoms. The number of carbonyl (C=O) groups is 1. The van der Waals surface area contributed by atoms with E-state index in [-0.39, 0.29) is 11.8 Å². The second kappa shape index (κ2) is 8.67. The molecule has 0 aliphatic carbocycles. The number of carbonyl (C=O) groups excluding carboxylic acids is 1. The summed E-state index contributed by atoms with van der Waals surface area (Å²) in [6.45, 7) is 4.73. The molecule has 1 fully saturated rings. The fraction of sp³-hybridized carbons (Fsp3) is 0.400. The van der Waals surface area contributed by atoms with Gasteiger partial charge in [0.05, 0.1) is 7.11 Å². The number of rotatable bonds is 8. The van der Waals surface area contributed by atoms with E-state index in [1.165, 1.54) is 0 Å². The van der Waals surface area contributed by atoms with E-state index in [1.54, 1.807) is 19.5 Å². The molecule has 1 aliphatic rings. The van der Waals surface area contributed by atoms with Crippen LogP contribution in [0.1, 0.15) is 18.1 Å². The highest BCUT2D eigenvalue weighted by atomic mass is 16.5. The smallest absolute Gasteiger partial charge is 0.223 e. The summed E-state index contributed by atoms with van der Waals surface area (Å²) in [5, 5.41) is 6.21. The Bertz CT molecular complexity index is 732. The maximum Gasteiger partial charge on any atom is 0.223 e. The largest absolute Gasteiger partial charge is 0.493 e. The number of hydrogen-bond donors (Lipinski definition) is 2. The van der Waals surface area contributed by atoms with Gasteiger partial charge in [0.25, 0.3) is 0 Å². The lowest BCUT2D eigenvalue weighted by molar-refractivity contribution is -0.126. The van der Waals surface area contributed by atoms with E-state index < -0.39 is 0 Å². The van der Waals surface area contributed by atoms with Crippen LogP contribution in [-0.2, 0) is 17.9 Å². The van der Waals surface area contributed by atoms with Crippen LogP contribution in [0.25, 0.3) is 0 Å². The van der Waals surface area contributed by atoms with Gasteiger partial charge in [-0.2, -0.15) is 0 Å². The average molecular weight is 355 g/mol. The van der Waals surface area contributed by atoms with Crippen LogP contribution in [0.15, 0.2) is 42.7 Å². The molecule has 26 heavy (non-hydrogen) atoms. The first-order chi connectivity index (χ1) is 12.7. The summed E-state index contributed by atoms with van der Waals surface area (Å²) in [6.07, 6.45) is 3.50. The molecular weight excluding hydrogens is 330 g/mol. The van der Waals surface area contributed by atoms with Crippen molar-refractivity contribution in [1.82, 2.24) is 15.6 Å². The van der Waals surface area contributed by atoms with E-state index in [1.807, 2.05) is 37.3 Å². The summed E-state index contributed by atoms with van der Waals surface area (Å²) in [5.74, 6) is 1.87. The van der Waals surface area contributed by atoms with E-state index >= 15 is 0 Å². The van der Waals surface area contributed by atoms with Crippen molar-refractivity contribution in [2.45, 2.75) is 20.1 Å². The Balaban J connectivity index is 1.56. The number of amides is 1. The van der Waals surface area contributed by atoms with Crippen molar-refractivity contribution in [3.05, 3.63) is 53.9 Å². The summed E-state index contributed by atoms with van der Waals surface area (Å²) in [5.41, 5.74) is 1.97. The first-order valence-electron chi connectivity index (χ1n) is 8.84. The van der Waals surface area contributed by atoms with Gasteiger partial charge in [0.1, 0.15) is 6.61 Å². The minimum absolute atomic E-state index is 0.0280. The van der Waals surface area contributed by atoms with Crippen LogP contribution < -0.4 is 20.1 Å². The summed E-state index contributed by atoms with van der Waals surface area (Å²) < 4.78 is 11.3. The fourth-order valence-corrected chi connectivity index (χ4v) is 2.81. The third-order valence-electron chi connectivity index (χ3n) is 4.75. The molecule has 1 saturated heterocycles. The zero-order valence-electron chi connectivity index (χ0n) is 15.2. The Morgan fingerprint density at radius 1 is 1.31 bits per heavy atom. The maximum atomic E-state index is 12.2. The average Bonchev–Trinajstić information content (AvgIpc) is 2.64. The van der Waals surface area contributed by atoms with Crippen molar-refractivity contribution >= 4 is 5.91 Å². The highest BCUT2D eigenvalue weighted by molar-refractivity contribution is 5.78. The van der Waals surface area contributed by atoms with Crippen molar-refractivity contribution in [3.8, 4) is 11.5 Å². The molecule has 0 radical (unpaired) electrons. The van der Waals surface area contributed by atoms with Crippen molar-refractivity contribution in [3.63, 3.8) is 0 Å². The van der Waals surface area contributed by atoms with Gasteiger partial charge in [-0.3, -0.25) is 9.78 Å². The zero-order valence-corrected chi connectivity index (χ0v) is 15.2. The lowest BCUT2D eigenvalue weighted by atomic mass is 9.88. The van der Waals surface area contributed by atoms with Crippen molar-refractivity contribution < 1.29 is 14.3 Å². The molecule has 1 unspecified atom stereocenters. The number of nitrogens with zero attached hydrogens (tertiary/aromatic N) is 1. The van der Waals surface area contributed by atoms with E-state index in [9.17, 15) is 4.79 Å². The third kappa shape index (κ3) is 4.52. The molecule has 2 N–H and O–H groups in total. The lowest BCUT2D eigenvalue weighted by Gasteiger charge is -2.31. The SMILES string of the molecule is COc1cc(CNC(=O)C(C)C2CNC2)ccc1OCc1cccnc1. The quantitative estimate of drug-likeness (QED) is 0.759. The van der Waals surface area contributed by atoms with Gasteiger partial charge in [0.15, 0.2) is 11.5 Å². The molecule has 0 saturated carbocycles. The Hall–Kier alpha value is -2.60. The van der Waals surface area contributed by atoms with Crippen molar-refractivity contribution in [1.29, 1.82) is 0 Å². The summed E-state index contributed by atoms with van der Waals surface area (Å²) in [4.78, 5) is 16.3. The third-order valence-corrected chi connectivity index (χ3v) is 4.75. The van der Waals surface area contributed by atoms with Gasteiger partial charge < -0.3 is 20.1 Å². The van der Waals surface area contributed by atoms with Crippen LogP contribution in [-0.4, -0.2) is 31.1 Å². The Morgan fingerprint density at radius 3 is 2.81 bits per heavy atom. The summed E-state index contributed by atoms with van der Waals surface area (Å²) >= 11 is 0. The van der Waals surface area contributed by atoms with Crippen LogP contribution in [0, 0.1) is 11.8 Å². The summed E-state index contributed by atoms with van der Waals surface area (Å²) in [7, 11) is 1.61. The maximum absolute atomic E-state index is 12.2. The molecule has 1 amide bonds. The van der Waals surface area contributed by atoms with E-state index in [0.29, 0.717) is 30.6 Å². The highest BCUT2D eigenvalue weighted by Gasteiger charge is 2.28. The summed E-state index contributed by atoms with van der Waals surface area (Å²) in [6, 6.07) is 9.55. The molecule has 1 aliphatic heterocycles. The fourth-order valence-electron chi connectivity index (χ4n) is 2.81. The lowest BCUT2D eigenvalue weighted by Crippen LogP contribution is -2.49. The molecule has 2 aromatic rings. The van der Waals surface area contributed by atoms with Gasteiger partial charge in [-0.05, 0) is 42.8 Å². The topological polar surface area (TPSA) is 72.5 Å². The molecule has 6 nitrogen and oxygen atoms in total. The van der Waals surface area contributed by atoms with Crippen LogP contribution in [0.2, 0.25) is 0 Å². The Morgan fingerprint density at radius 2 is 2.15 bits per heavy atom. The van der Waals surface area contributed by atoms with Gasteiger partial charge >= 0.3 is 0 Å². The molecule has 0 bridgehead atoms. The van der Waals surface area contributed by atoms with Gasteiger partial charge in [0, 0.05) is 30.4 Å². The van der Waals surface area contributed by atoms with Crippen LogP contribution in [0.4, 0.5) is 0 Å². The number of nitrogens with one attached hydrogen (secondary N) is 2. The predicted octanol–water partition coefficient (Wildman–Crippen LogP) is 2.14. The molecule has 138 valence electrons. The van der Waals surface area contributed by atoms with Crippen LogP contribution in [0.3, 0.4) is 0 Å². The Labute approximate surface area is 153 Å². The minimum atomic E-state index is 0.0280. The molecule has 1 aromatic heterocycles. The molecule has 1 aromatic carbocycles. The Kier molecular flexibility index (Phi) is 6.07. The standard InChI is InChI=1S/C20H25N3O3/c1-14(17-11-22-12-17)20(24)23-10-15-5-6-18(19(8-15)25-2)26-13-16-4-3-7-21-9-16/h3-9,14,17,22H,10-13H2,1-2H3,(H,23,24). The molecular formula is C20H25N3O3. The molecule has 3 rings (SSSR count). The first-order valence-corrected chi connectivity index (χ1v) is 8.84. The number of pyridine rings is 1. The number of ether oxygens (including phenoxy) is 2. The van der Waals surface area contributed by atoms with Gasteiger partial charge in [-0.1, -0.05) is 19.1 Å². The second-order valence-corrected chi connectivity index (χ2v) is 6.56. The molecule has 1 atom stereocenters.